The smallest absolute Gasteiger partial charge is 0.224 e. The minimum absolute atomic E-state index is 0.0124. The predicted octanol–water partition coefficient (Wildman–Crippen LogP) is 2.10. The molecule has 1 rings (SSSR count). The van der Waals surface area contributed by atoms with Gasteiger partial charge in [0.2, 0.25) is 5.91 Å². The Balaban J connectivity index is 2.27. The molecule has 1 N–H and O–H groups in total. The molecular formula is C12H17NO2. The van der Waals surface area contributed by atoms with Crippen molar-refractivity contribution in [2.75, 3.05) is 0 Å². The summed E-state index contributed by atoms with van der Waals surface area (Å²) in [5.41, 5.74) is 0.986. The molecule has 0 saturated heterocycles. The van der Waals surface area contributed by atoms with Crippen molar-refractivity contribution in [2.45, 2.75) is 38.5 Å². The number of amides is 1. The van der Waals surface area contributed by atoms with E-state index in [1.807, 2.05) is 12.2 Å². The highest BCUT2D eigenvalue weighted by Crippen LogP contribution is 2.10. The summed E-state index contributed by atoms with van der Waals surface area (Å²) in [7, 11) is 0. The topological polar surface area (TPSA) is 46.2 Å². The lowest BCUT2D eigenvalue weighted by Gasteiger charge is -2.07. The van der Waals surface area contributed by atoms with Gasteiger partial charge in [-0.05, 0) is 31.8 Å². The van der Waals surface area contributed by atoms with Crippen LogP contribution in [0.3, 0.4) is 0 Å². The minimum atomic E-state index is 0.0124. The number of allylic oxidation sites excluding steroid dienone is 4. The lowest BCUT2D eigenvalue weighted by atomic mass is 10.2. The molecule has 0 fully saturated rings. The van der Waals surface area contributed by atoms with Gasteiger partial charge in [0, 0.05) is 18.5 Å². The van der Waals surface area contributed by atoms with Crippen LogP contribution < -0.4 is 5.32 Å². The normalized spacial score (nSPS) is 15.3. The van der Waals surface area contributed by atoms with Crippen molar-refractivity contribution >= 4 is 12.2 Å². The molecular weight excluding hydrogens is 190 g/mol. The molecule has 1 aliphatic rings. The van der Waals surface area contributed by atoms with E-state index in [9.17, 15) is 9.59 Å². The Bertz CT molecular complexity index is 279. The number of aldehydes is 1. The molecule has 82 valence electrons. The highest BCUT2D eigenvalue weighted by molar-refractivity contribution is 5.78. The van der Waals surface area contributed by atoms with Gasteiger partial charge in [0.25, 0.3) is 0 Å². The van der Waals surface area contributed by atoms with E-state index in [4.69, 9.17) is 0 Å². The van der Waals surface area contributed by atoms with Crippen LogP contribution in [0, 0.1) is 0 Å². The van der Waals surface area contributed by atoms with Crippen molar-refractivity contribution in [3.05, 3.63) is 23.9 Å². The van der Waals surface area contributed by atoms with E-state index in [-0.39, 0.29) is 5.91 Å². The number of unbranched alkanes of at least 4 members (excludes halogenated alkanes) is 1. The number of hydrogen-bond donors (Lipinski definition) is 1. The molecule has 1 aliphatic carbocycles. The van der Waals surface area contributed by atoms with Crippen LogP contribution in [-0.2, 0) is 9.59 Å². The molecule has 0 aromatic heterocycles. The zero-order valence-corrected chi connectivity index (χ0v) is 8.87. The predicted molar refractivity (Wildman–Crippen MR) is 59.1 cm³/mol. The first-order chi connectivity index (χ1) is 7.33. The molecule has 0 spiro atoms. The highest BCUT2D eigenvalue weighted by Gasteiger charge is 2.04. The molecule has 3 nitrogen and oxygen atoms in total. The summed E-state index contributed by atoms with van der Waals surface area (Å²) in [6.45, 7) is 0. The van der Waals surface area contributed by atoms with E-state index in [0.717, 1.165) is 31.2 Å². The third-order valence-corrected chi connectivity index (χ3v) is 2.28. The molecule has 0 unspecified atom stereocenters. The Labute approximate surface area is 90.2 Å². The van der Waals surface area contributed by atoms with E-state index >= 15 is 0 Å². The first-order valence-electron chi connectivity index (χ1n) is 5.42. The highest BCUT2D eigenvalue weighted by atomic mass is 16.1. The van der Waals surface area contributed by atoms with Gasteiger partial charge in [-0.1, -0.05) is 12.2 Å². The first-order valence-corrected chi connectivity index (χ1v) is 5.42. The minimum Gasteiger partial charge on any atom is -0.330 e. The van der Waals surface area contributed by atoms with Crippen LogP contribution in [0.2, 0.25) is 0 Å². The van der Waals surface area contributed by atoms with Crippen LogP contribution in [0.1, 0.15) is 38.5 Å². The van der Waals surface area contributed by atoms with Gasteiger partial charge < -0.3 is 10.1 Å². The third-order valence-electron chi connectivity index (χ3n) is 2.28. The second-order valence-corrected chi connectivity index (χ2v) is 3.62. The maximum atomic E-state index is 11.4. The van der Waals surface area contributed by atoms with Crippen molar-refractivity contribution in [1.29, 1.82) is 0 Å². The van der Waals surface area contributed by atoms with Gasteiger partial charge in [-0.3, -0.25) is 4.79 Å². The fourth-order valence-electron chi connectivity index (χ4n) is 1.47. The zero-order valence-electron chi connectivity index (χ0n) is 8.87. The summed E-state index contributed by atoms with van der Waals surface area (Å²) in [5.74, 6) is 0.0124. The second kappa shape index (κ2) is 6.98. The summed E-state index contributed by atoms with van der Waals surface area (Å²) in [6, 6.07) is 0. The molecule has 3 heteroatoms. The average Bonchev–Trinajstić information content (AvgIpc) is 2.47. The van der Waals surface area contributed by atoms with Crippen LogP contribution in [0.4, 0.5) is 0 Å². The monoisotopic (exact) mass is 207 g/mol. The largest absolute Gasteiger partial charge is 0.330 e. The Hall–Kier alpha value is -1.38. The lowest BCUT2D eigenvalue weighted by molar-refractivity contribution is -0.120. The summed E-state index contributed by atoms with van der Waals surface area (Å²) in [4.78, 5) is 21.5. The van der Waals surface area contributed by atoms with Crippen molar-refractivity contribution in [3.63, 3.8) is 0 Å². The maximum Gasteiger partial charge on any atom is 0.224 e. The number of carbonyl (C=O) groups is 2. The van der Waals surface area contributed by atoms with E-state index < -0.39 is 0 Å². The Morgan fingerprint density at radius 3 is 3.20 bits per heavy atom. The van der Waals surface area contributed by atoms with Gasteiger partial charge in [-0.2, -0.15) is 0 Å². The van der Waals surface area contributed by atoms with Gasteiger partial charge in [0.05, 0.1) is 0 Å². The molecule has 1 amide bonds. The fraction of sp³-hybridized carbons (Fsp3) is 0.500. The summed E-state index contributed by atoms with van der Waals surface area (Å²) in [5, 5.41) is 2.87. The molecule has 0 aromatic rings. The van der Waals surface area contributed by atoms with Gasteiger partial charge in [-0.15, -0.1) is 0 Å². The van der Waals surface area contributed by atoms with Crippen LogP contribution in [-0.4, -0.2) is 12.2 Å². The third kappa shape index (κ3) is 5.15. The van der Waals surface area contributed by atoms with E-state index in [1.165, 1.54) is 0 Å². The van der Waals surface area contributed by atoms with E-state index in [2.05, 4.69) is 11.4 Å². The molecule has 0 saturated carbocycles. The molecule has 0 bridgehead atoms. The molecule has 15 heavy (non-hydrogen) atoms. The summed E-state index contributed by atoms with van der Waals surface area (Å²) >= 11 is 0. The van der Waals surface area contributed by atoms with Crippen molar-refractivity contribution in [2.24, 2.45) is 0 Å². The molecule has 0 radical (unpaired) electrons. The lowest BCUT2D eigenvalue weighted by Crippen LogP contribution is -2.22. The quantitative estimate of drug-likeness (QED) is 0.554. The second-order valence-electron chi connectivity index (χ2n) is 3.62. The van der Waals surface area contributed by atoms with Crippen LogP contribution in [0.5, 0.6) is 0 Å². The number of hydrogen-bond acceptors (Lipinski definition) is 2. The number of nitrogens with one attached hydrogen (secondary N) is 1. The van der Waals surface area contributed by atoms with Crippen LogP contribution in [0.15, 0.2) is 23.9 Å². The molecule has 0 aromatic carbocycles. The van der Waals surface area contributed by atoms with E-state index in [1.54, 1.807) is 0 Å². The average molecular weight is 207 g/mol. The van der Waals surface area contributed by atoms with Crippen molar-refractivity contribution in [3.8, 4) is 0 Å². The molecule has 0 heterocycles. The fourth-order valence-corrected chi connectivity index (χ4v) is 1.47. The van der Waals surface area contributed by atoms with Crippen LogP contribution >= 0.6 is 0 Å². The SMILES string of the molecule is O=CCCCC(=O)NC1=CC=CCCC1. The summed E-state index contributed by atoms with van der Waals surface area (Å²) in [6.07, 6.45) is 11.5. The summed E-state index contributed by atoms with van der Waals surface area (Å²) < 4.78 is 0. The van der Waals surface area contributed by atoms with Gasteiger partial charge in [-0.25, -0.2) is 0 Å². The van der Waals surface area contributed by atoms with E-state index in [0.29, 0.717) is 19.3 Å². The molecule has 0 aliphatic heterocycles. The zero-order chi connectivity index (χ0) is 10.9. The Morgan fingerprint density at radius 1 is 1.53 bits per heavy atom. The number of carbonyl (C=O) groups excluding carboxylic acids is 2. The van der Waals surface area contributed by atoms with Gasteiger partial charge in [0.15, 0.2) is 0 Å². The first kappa shape index (κ1) is 11.7. The van der Waals surface area contributed by atoms with Gasteiger partial charge in [0.1, 0.15) is 6.29 Å². The maximum absolute atomic E-state index is 11.4. The number of rotatable bonds is 5. The molecule has 0 atom stereocenters. The Kier molecular flexibility index (Phi) is 5.44. The van der Waals surface area contributed by atoms with Crippen LogP contribution in [0.25, 0.3) is 0 Å². The standard InChI is InChI=1S/C12H17NO2/c14-10-6-5-9-12(15)13-11-7-3-1-2-4-8-11/h1,3,7,10H,2,4-6,8-9H2,(H,13,15). The van der Waals surface area contributed by atoms with Gasteiger partial charge >= 0.3 is 0 Å². The Morgan fingerprint density at radius 2 is 2.40 bits per heavy atom. The van der Waals surface area contributed by atoms with Crippen molar-refractivity contribution in [1.82, 2.24) is 5.32 Å². The van der Waals surface area contributed by atoms with Crippen molar-refractivity contribution < 1.29 is 9.59 Å².